The molecular weight excluding hydrogens is 232 g/mol. The molecule has 0 aliphatic carbocycles. The van der Waals surface area contributed by atoms with Crippen LogP contribution in [0.1, 0.15) is 11.7 Å². The van der Waals surface area contributed by atoms with E-state index in [9.17, 15) is 13.9 Å². The Balaban J connectivity index is 2.52. The Labute approximate surface area is 97.5 Å². The van der Waals surface area contributed by atoms with Crippen molar-refractivity contribution in [2.24, 2.45) is 0 Å². The number of hydrogen-bond donors (Lipinski definition) is 4. The van der Waals surface area contributed by atoms with Crippen molar-refractivity contribution < 1.29 is 24.1 Å². The molecule has 2 unspecified atom stereocenters. The summed E-state index contributed by atoms with van der Waals surface area (Å²) in [6.07, 6.45) is -2.16. The minimum Gasteiger partial charge on any atom is -0.394 e. The Morgan fingerprint density at radius 2 is 1.88 bits per heavy atom. The SMILES string of the molecule is OCC(O)CNCC(O)c1cc(F)ccc1F. The van der Waals surface area contributed by atoms with Crippen LogP contribution >= 0.6 is 0 Å². The normalized spacial score (nSPS) is 14.6. The lowest BCUT2D eigenvalue weighted by atomic mass is 10.1. The quantitative estimate of drug-likeness (QED) is 0.568. The fraction of sp³-hybridized carbons (Fsp3) is 0.455. The van der Waals surface area contributed by atoms with Gasteiger partial charge in [0.2, 0.25) is 0 Å². The number of halogens is 2. The smallest absolute Gasteiger partial charge is 0.129 e. The summed E-state index contributed by atoms with van der Waals surface area (Å²) in [5.74, 6) is -1.32. The zero-order chi connectivity index (χ0) is 12.8. The number of benzene rings is 1. The van der Waals surface area contributed by atoms with E-state index in [-0.39, 0.29) is 18.7 Å². The van der Waals surface area contributed by atoms with E-state index in [0.29, 0.717) is 0 Å². The number of nitrogens with one attached hydrogen (secondary N) is 1. The molecule has 1 rings (SSSR count). The zero-order valence-corrected chi connectivity index (χ0v) is 9.11. The van der Waals surface area contributed by atoms with Gasteiger partial charge in [0.15, 0.2) is 0 Å². The summed E-state index contributed by atoms with van der Waals surface area (Å²) in [6.45, 7) is -0.390. The van der Waals surface area contributed by atoms with Gasteiger partial charge >= 0.3 is 0 Å². The van der Waals surface area contributed by atoms with Crippen molar-refractivity contribution in [3.05, 3.63) is 35.4 Å². The van der Waals surface area contributed by atoms with Crippen LogP contribution in [0.5, 0.6) is 0 Å². The molecule has 17 heavy (non-hydrogen) atoms. The lowest BCUT2D eigenvalue weighted by molar-refractivity contribution is 0.0887. The highest BCUT2D eigenvalue weighted by Gasteiger charge is 2.14. The molecule has 0 fully saturated rings. The summed E-state index contributed by atoms with van der Waals surface area (Å²) >= 11 is 0. The van der Waals surface area contributed by atoms with Gasteiger partial charge in [-0.1, -0.05) is 0 Å². The van der Waals surface area contributed by atoms with Crippen molar-refractivity contribution >= 4 is 0 Å². The Hall–Kier alpha value is -1.08. The first-order chi connectivity index (χ1) is 8.04. The van der Waals surface area contributed by atoms with E-state index < -0.39 is 30.4 Å². The second-order valence-corrected chi connectivity index (χ2v) is 3.68. The molecule has 96 valence electrons. The maximum absolute atomic E-state index is 13.2. The zero-order valence-electron chi connectivity index (χ0n) is 9.11. The van der Waals surface area contributed by atoms with Crippen LogP contribution in [0.15, 0.2) is 18.2 Å². The molecule has 0 heterocycles. The van der Waals surface area contributed by atoms with Gasteiger partial charge < -0.3 is 20.6 Å². The lowest BCUT2D eigenvalue weighted by Crippen LogP contribution is -2.32. The number of aliphatic hydroxyl groups is 3. The van der Waals surface area contributed by atoms with E-state index in [0.717, 1.165) is 18.2 Å². The van der Waals surface area contributed by atoms with Crippen LogP contribution in [0.25, 0.3) is 0 Å². The molecule has 6 heteroatoms. The first-order valence-corrected chi connectivity index (χ1v) is 5.17. The average Bonchev–Trinajstić information content (AvgIpc) is 2.31. The molecule has 1 aromatic rings. The largest absolute Gasteiger partial charge is 0.394 e. The van der Waals surface area contributed by atoms with E-state index in [2.05, 4.69) is 5.32 Å². The van der Waals surface area contributed by atoms with Crippen LogP contribution in [0.3, 0.4) is 0 Å². The van der Waals surface area contributed by atoms with Gasteiger partial charge in [0.25, 0.3) is 0 Å². The first kappa shape index (κ1) is 14.0. The van der Waals surface area contributed by atoms with Crippen molar-refractivity contribution in [3.8, 4) is 0 Å². The monoisotopic (exact) mass is 247 g/mol. The average molecular weight is 247 g/mol. The van der Waals surface area contributed by atoms with Crippen LogP contribution in [-0.4, -0.2) is 41.1 Å². The van der Waals surface area contributed by atoms with Gasteiger partial charge in [-0.05, 0) is 18.2 Å². The van der Waals surface area contributed by atoms with Gasteiger partial charge in [-0.15, -0.1) is 0 Å². The molecule has 0 bridgehead atoms. The number of rotatable bonds is 6. The summed E-state index contributed by atoms with van der Waals surface area (Å²) in [6, 6.07) is 2.83. The van der Waals surface area contributed by atoms with Crippen molar-refractivity contribution in [3.63, 3.8) is 0 Å². The fourth-order valence-corrected chi connectivity index (χ4v) is 1.33. The van der Waals surface area contributed by atoms with Crippen LogP contribution in [0.2, 0.25) is 0 Å². The maximum Gasteiger partial charge on any atom is 0.129 e. The molecule has 4 N–H and O–H groups in total. The van der Waals surface area contributed by atoms with Crippen LogP contribution in [0.4, 0.5) is 8.78 Å². The Kier molecular flexibility index (Phi) is 5.43. The third-order valence-corrected chi connectivity index (χ3v) is 2.25. The van der Waals surface area contributed by atoms with E-state index >= 15 is 0 Å². The molecule has 2 atom stereocenters. The first-order valence-electron chi connectivity index (χ1n) is 5.17. The molecule has 0 saturated carbocycles. The molecule has 0 aliphatic heterocycles. The van der Waals surface area contributed by atoms with Crippen LogP contribution in [0, 0.1) is 11.6 Å². The van der Waals surface area contributed by atoms with Crippen LogP contribution in [-0.2, 0) is 0 Å². The molecular formula is C11H15F2NO3. The third-order valence-electron chi connectivity index (χ3n) is 2.25. The maximum atomic E-state index is 13.2. The molecule has 0 amide bonds. The number of hydrogen-bond acceptors (Lipinski definition) is 4. The summed E-state index contributed by atoms with van der Waals surface area (Å²) in [5, 5.41) is 29.8. The van der Waals surface area contributed by atoms with Gasteiger partial charge in [-0.3, -0.25) is 0 Å². The highest BCUT2D eigenvalue weighted by atomic mass is 19.1. The second-order valence-electron chi connectivity index (χ2n) is 3.68. The molecule has 0 aromatic heterocycles. The highest BCUT2D eigenvalue weighted by Crippen LogP contribution is 2.17. The molecule has 0 saturated heterocycles. The standard InChI is InChI=1S/C11H15F2NO3/c12-7-1-2-10(13)9(3-7)11(17)5-14-4-8(16)6-15/h1-3,8,11,14-17H,4-6H2. The number of aliphatic hydroxyl groups excluding tert-OH is 3. The molecule has 0 aliphatic rings. The predicted molar refractivity (Wildman–Crippen MR) is 57.3 cm³/mol. The topological polar surface area (TPSA) is 72.7 Å². The van der Waals surface area contributed by atoms with E-state index in [1.807, 2.05) is 0 Å². The van der Waals surface area contributed by atoms with E-state index in [1.54, 1.807) is 0 Å². The summed E-state index contributed by atoms with van der Waals surface area (Å²) in [4.78, 5) is 0. The van der Waals surface area contributed by atoms with Gasteiger partial charge in [0, 0.05) is 18.7 Å². The fourth-order valence-electron chi connectivity index (χ4n) is 1.33. The summed E-state index contributed by atoms with van der Waals surface area (Å²) in [7, 11) is 0. The van der Waals surface area contributed by atoms with E-state index in [4.69, 9.17) is 10.2 Å². The third kappa shape index (κ3) is 4.35. The lowest BCUT2D eigenvalue weighted by Gasteiger charge is -2.14. The Morgan fingerprint density at radius 1 is 1.18 bits per heavy atom. The molecule has 4 nitrogen and oxygen atoms in total. The van der Waals surface area contributed by atoms with Crippen molar-refractivity contribution in [2.75, 3.05) is 19.7 Å². The summed E-state index contributed by atoms with van der Waals surface area (Å²) in [5.41, 5.74) is -0.143. The van der Waals surface area contributed by atoms with Gasteiger partial charge in [-0.2, -0.15) is 0 Å². The Morgan fingerprint density at radius 3 is 2.53 bits per heavy atom. The second kappa shape index (κ2) is 6.61. The minimum absolute atomic E-state index is 0.0442. The Bertz CT molecular complexity index is 363. The predicted octanol–water partition coefficient (Wildman–Crippen LogP) is -0.0590. The molecule has 0 radical (unpaired) electrons. The molecule has 0 spiro atoms. The summed E-state index contributed by atoms with van der Waals surface area (Å²) < 4.78 is 26.1. The van der Waals surface area contributed by atoms with Crippen molar-refractivity contribution in [2.45, 2.75) is 12.2 Å². The van der Waals surface area contributed by atoms with Gasteiger partial charge in [0.05, 0.1) is 18.8 Å². The molecule has 1 aromatic carbocycles. The van der Waals surface area contributed by atoms with Gasteiger partial charge in [0.1, 0.15) is 11.6 Å². The van der Waals surface area contributed by atoms with Crippen molar-refractivity contribution in [1.29, 1.82) is 0 Å². The van der Waals surface area contributed by atoms with E-state index in [1.165, 1.54) is 0 Å². The highest BCUT2D eigenvalue weighted by molar-refractivity contribution is 5.21. The van der Waals surface area contributed by atoms with Gasteiger partial charge in [-0.25, -0.2) is 8.78 Å². The minimum atomic E-state index is -1.21. The van der Waals surface area contributed by atoms with Crippen molar-refractivity contribution in [1.82, 2.24) is 5.32 Å². The van der Waals surface area contributed by atoms with Crippen LogP contribution < -0.4 is 5.32 Å².